The van der Waals surface area contributed by atoms with Crippen LogP contribution in [0, 0.1) is 13.8 Å². The van der Waals surface area contributed by atoms with Gasteiger partial charge in [0.25, 0.3) is 0 Å². The number of anilines is 1. The molecular weight excluding hydrogens is 295 g/mol. The van der Waals surface area contributed by atoms with Gasteiger partial charge in [0.2, 0.25) is 0 Å². The van der Waals surface area contributed by atoms with E-state index in [0.717, 1.165) is 11.1 Å². The van der Waals surface area contributed by atoms with E-state index < -0.39 is 6.17 Å². The molecule has 0 amide bonds. The number of nitrogens with one attached hydrogen (secondary N) is 2. The van der Waals surface area contributed by atoms with Gasteiger partial charge in [0.1, 0.15) is 17.7 Å². The molecular formula is C17H21FN4O. The monoisotopic (exact) mass is 316 g/mol. The highest BCUT2D eigenvalue weighted by atomic mass is 19.1. The van der Waals surface area contributed by atoms with E-state index in [2.05, 4.69) is 20.8 Å². The van der Waals surface area contributed by atoms with Gasteiger partial charge in [-0.2, -0.15) is 0 Å². The van der Waals surface area contributed by atoms with E-state index in [-0.39, 0.29) is 11.8 Å². The Morgan fingerprint density at radius 3 is 2.74 bits per heavy atom. The minimum atomic E-state index is -0.761. The highest BCUT2D eigenvalue weighted by molar-refractivity contribution is 5.71. The van der Waals surface area contributed by atoms with Crippen molar-refractivity contribution < 1.29 is 9.50 Å². The van der Waals surface area contributed by atoms with Crippen LogP contribution in [0.4, 0.5) is 10.2 Å². The second-order valence-corrected chi connectivity index (χ2v) is 6.10. The minimum absolute atomic E-state index is 0.120. The van der Waals surface area contributed by atoms with Crippen molar-refractivity contribution in [3.05, 3.63) is 35.4 Å². The summed E-state index contributed by atoms with van der Waals surface area (Å²) in [7, 11) is 0. The number of phenols is 1. The van der Waals surface area contributed by atoms with Gasteiger partial charge in [-0.15, -0.1) is 10.2 Å². The van der Waals surface area contributed by atoms with Crippen LogP contribution in [0.5, 0.6) is 5.75 Å². The molecule has 0 aliphatic carbocycles. The summed E-state index contributed by atoms with van der Waals surface area (Å²) in [6.07, 6.45) is -0.239. The molecule has 1 fully saturated rings. The maximum absolute atomic E-state index is 13.1. The van der Waals surface area contributed by atoms with Gasteiger partial charge in [0.15, 0.2) is 0 Å². The van der Waals surface area contributed by atoms with Gasteiger partial charge < -0.3 is 15.7 Å². The van der Waals surface area contributed by atoms with Gasteiger partial charge in [0.05, 0.1) is 5.69 Å². The third-order valence-corrected chi connectivity index (χ3v) is 4.08. The zero-order valence-corrected chi connectivity index (χ0v) is 13.3. The van der Waals surface area contributed by atoms with Gasteiger partial charge in [-0.1, -0.05) is 6.07 Å². The number of hydrogen-bond donors (Lipinski definition) is 3. The van der Waals surface area contributed by atoms with E-state index in [1.54, 1.807) is 6.07 Å². The Balaban J connectivity index is 1.70. The van der Waals surface area contributed by atoms with E-state index in [4.69, 9.17) is 0 Å². The fourth-order valence-corrected chi connectivity index (χ4v) is 2.99. The van der Waals surface area contributed by atoms with E-state index in [9.17, 15) is 9.50 Å². The highest BCUT2D eigenvalue weighted by Gasteiger charge is 2.23. The summed E-state index contributed by atoms with van der Waals surface area (Å²) >= 11 is 0. The summed E-state index contributed by atoms with van der Waals surface area (Å²) in [5, 5.41) is 24.8. The topological polar surface area (TPSA) is 70.1 Å². The lowest BCUT2D eigenvalue weighted by Gasteiger charge is -2.12. The molecule has 0 spiro atoms. The number of hydrogen-bond acceptors (Lipinski definition) is 5. The standard InChI is InChI=1S/C17H21FN4O/c1-10-5-11(2)17(15(23)6-10)14-3-4-16(22-21-14)20-9-13-7-12(18)8-19-13/h3-6,12-13,19,23H,7-9H2,1-2H3,(H,20,22)/t12-,13+/m1/s1. The zero-order valence-electron chi connectivity index (χ0n) is 13.3. The van der Waals surface area contributed by atoms with Crippen LogP contribution in [0.25, 0.3) is 11.3 Å². The Hall–Kier alpha value is -2.21. The molecule has 23 heavy (non-hydrogen) atoms. The van der Waals surface area contributed by atoms with Crippen molar-refractivity contribution in [2.45, 2.75) is 32.5 Å². The third kappa shape index (κ3) is 3.59. The lowest BCUT2D eigenvalue weighted by molar-refractivity contribution is 0.356. The van der Waals surface area contributed by atoms with E-state index >= 15 is 0 Å². The molecule has 0 bridgehead atoms. The second-order valence-electron chi connectivity index (χ2n) is 6.10. The molecule has 2 heterocycles. The molecule has 5 nitrogen and oxygen atoms in total. The second kappa shape index (κ2) is 6.50. The van der Waals surface area contributed by atoms with Crippen molar-refractivity contribution in [2.75, 3.05) is 18.4 Å². The van der Waals surface area contributed by atoms with E-state index in [1.807, 2.05) is 32.0 Å². The van der Waals surface area contributed by atoms with Crippen LogP contribution < -0.4 is 10.6 Å². The van der Waals surface area contributed by atoms with Crippen molar-refractivity contribution in [1.29, 1.82) is 0 Å². The summed E-state index contributed by atoms with van der Waals surface area (Å²) in [6, 6.07) is 7.49. The normalized spacial score (nSPS) is 20.7. The van der Waals surface area contributed by atoms with Crippen LogP contribution >= 0.6 is 0 Å². The van der Waals surface area contributed by atoms with Gasteiger partial charge in [-0.05, 0) is 49.6 Å². The molecule has 1 aromatic heterocycles. The quantitative estimate of drug-likeness (QED) is 0.809. The maximum Gasteiger partial charge on any atom is 0.148 e. The number of alkyl halides is 1. The van der Waals surface area contributed by atoms with Crippen molar-refractivity contribution in [3.63, 3.8) is 0 Å². The average molecular weight is 316 g/mol. The van der Waals surface area contributed by atoms with Crippen LogP contribution in [0.15, 0.2) is 24.3 Å². The number of phenolic OH excluding ortho intramolecular Hbond substituents is 1. The van der Waals surface area contributed by atoms with Crippen LogP contribution in [0.1, 0.15) is 17.5 Å². The number of aromatic hydroxyl groups is 1. The summed E-state index contributed by atoms with van der Waals surface area (Å²) in [6.45, 7) is 4.91. The first-order chi connectivity index (χ1) is 11.0. The minimum Gasteiger partial charge on any atom is -0.507 e. The molecule has 0 saturated carbocycles. The number of rotatable bonds is 4. The third-order valence-electron chi connectivity index (χ3n) is 4.08. The summed E-state index contributed by atoms with van der Waals surface area (Å²) in [5.74, 6) is 0.851. The molecule has 3 rings (SSSR count). The number of nitrogens with zero attached hydrogens (tertiary/aromatic N) is 2. The van der Waals surface area contributed by atoms with Crippen LogP contribution in [-0.2, 0) is 0 Å². The molecule has 1 saturated heterocycles. The Morgan fingerprint density at radius 2 is 2.13 bits per heavy atom. The van der Waals surface area contributed by atoms with Gasteiger partial charge >= 0.3 is 0 Å². The molecule has 1 aliphatic heterocycles. The predicted octanol–water partition coefficient (Wildman–Crippen LogP) is 2.58. The van der Waals surface area contributed by atoms with Crippen LogP contribution in [0.3, 0.4) is 0 Å². The molecule has 1 aromatic carbocycles. The van der Waals surface area contributed by atoms with Gasteiger partial charge in [-0.25, -0.2) is 4.39 Å². The summed E-state index contributed by atoms with van der Waals surface area (Å²) in [5.41, 5.74) is 3.30. The Morgan fingerprint density at radius 1 is 1.30 bits per heavy atom. The van der Waals surface area contributed by atoms with Crippen molar-refractivity contribution in [3.8, 4) is 17.0 Å². The highest BCUT2D eigenvalue weighted by Crippen LogP contribution is 2.32. The molecule has 0 radical (unpaired) electrons. The Kier molecular flexibility index (Phi) is 4.43. The van der Waals surface area contributed by atoms with Crippen LogP contribution in [0.2, 0.25) is 0 Å². The first-order valence-corrected chi connectivity index (χ1v) is 7.78. The van der Waals surface area contributed by atoms with Crippen molar-refractivity contribution in [2.24, 2.45) is 0 Å². The number of aromatic nitrogens is 2. The molecule has 2 aromatic rings. The predicted molar refractivity (Wildman–Crippen MR) is 88.4 cm³/mol. The molecule has 2 atom stereocenters. The number of halogens is 1. The van der Waals surface area contributed by atoms with E-state index in [0.29, 0.717) is 36.6 Å². The summed E-state index contributed by atoms with van der Waals surface area (Å²) in [4.78, 5) is 0. The lowest BCUT2D eigenvalue weighted by Crippen LogP contribution is -2.29. The van der Waals surface area contributed by atoms with Gasteiger partial charge in [-0.3, -0.25) is 0 Å². The Labute approximate surface area is 135 Å². The summed E-state index contributed by atoms with van der Waals surface area (Å²) < 4.78 is 13.1. The van der Waals surface area contributed by atoms with Gasteiger partial charge in [0, 0.05) is 24.7 Å². The zero-order chi connectivity index (χ0) is 16.4. The number of aryl methyl sites for hydroxylation is 2. The lowest BCUT2D eigenvalue weighted by atomic mass is 10.0. The largest absolute Gasteiger partial charge is 0.507 e. The number of benzene rings is 1. The smallest absolute Gasteiger partial charge is 0.148 e. The fourth-order valence-electron chi connectivity index (χ4n) is 2.99. The van der Waals surface area contributed by atoms with E-state index in [1.165, 1.54) is 0 Å². The van der Waals surface area contributed by atoms with Crippen molar-refractivity contribution >= 4 is 5.82 Å². The van der Waals surface area contributed by atoms with Crippen molar-refractivity contribution in [1.82, 2.24) is 15.5 Å². The molecule has 3 N–H and O–H groups in total. The molecule has 122 valence electrons. The maximum atomic E-state index is 13.1. The fraction of sp³-hybridized carbons (Fsp3) is 0.412. The average Bonchev–Trinajstić information content (AvgIpc) is 2.91. The molecule has 1 aliphatic rings. The first kappa shape index (κ1) is 15.7. The molecule has 0 unspecified atom stereocenters. The SMILES string of the molecule is Cc1cc(C)c(-c2ccc(NC[C@@H]3C[C@@H](F)CN3)nn2)c(O)c1. The Bertz CT molecular complexity index is 666. The van der Waals surface area contributed by atoms with Crippen LogP contribution in [-0.4, -0.2) is 40.6 Å². The first-order valence-electron chi connectivity index (χ1n) is 7.78. The molecule has 6 heteroatoms.